The van der Waals surface area contributed by atoms with Gasteiger partial charge in [-0.2, -0.15) is 15.0 Å². The molecule has 2 fully saturated rings. The number of halogens is 1. The number of anilines is 2. The van der Waals surface area contributed by atoms with Crippen molar-refractivity contribution in [1.82, 2.24) is 15.0 Å². The molecule has 19 heavy (non-hydrogen) atoms. The number of rotatable bonds is 2. The maximum Gasteiger partial charge on any atom is 0.231 e. The fraction of sp³-hybridized carbons (Fsp3) is 0.750. The van der Waals surface area contributed by atoms with Gasteiger partial charge in [0.2, 0.25) is 17.2 Å². The summed E-state index contributed by atoms with van der Waals surface area (Å²) in [5.41, 5.74) is 0. The molecule has 0 saturated carbocycles. The smallest absolute Gasteiger partial charge is 0.231 e. The Hall–Kier alpha value is -1.14. The van der Waals surface area contributed by atoms with Crippen LogP contribution in [0.15, 0.2) is 0 Å². The molecule has 2 aliphatic rings. The lowest BCUT2D eigenvalue weighted by Gasteiger charge is -2.33. The molecule has 2 saturated heterocycles. The number of hydrogen-bond acceptors (Lipinski definition) is 6. The summed E-state index contributed by atoms with van der Waals surface area (Å²) < 4.78 is 5.44. The minimum atomic E-state index is 0.263. The molecule has 1 unspecified atom stereocenters. The lowest BCUT2D eigenvalue weighted by atomic mass is 10.3. The number of ether oxygens (including phenoxy) is 1. The summed E-state index contributed by atoms with van der Waals surface area (Å²) in [6.07, 6.45) is 2.37. The van der Waals surface area contributed by atoms with E-state index in [4.69, 9.17) is 16.3 Å². The first-order valence-electron chi connectivity index (χ1n) is 6.75. The van der Waals surface area contributed by atoms with Gasteiger partial charge in [0.15, 0.2) is 0 Å². The van der Waals surface area contributed by atoms with Gasteiger partial charge in [-0.05, 0) is 31.4 Å². The lowest BCUT2D eigenvalue weighted by molar-refractivity contribution is 0.0980. The highest BCUT2D eigenvalue weighted by Gasteiger charge is 2.24. The minimum absolute atomic E-state index is 0.263. The summed E-state index contributed by atoms with van der Waals surface area (Å²) in [6.45, 7) is 6.29. The molecule has 0 spiro atoms. The van der Waals surface area contributed by atoms with E-state index in [1.54, 1.807) is 0 Å². The quantitative estimate of drug-likeness (QED) is 0.817. The third-order valence-electron chi connectivity index (χ3n) is 3.60. The Labute approximate surface area is 117 Å². The van der Waals surface area contributed by atoms with Crippen LogP contribution in [-0.2, 0) is 4.74 Å². The Bertz CT molecular complexity index is 452. The highest BCUT2D eigenvalue weighted by Crippen LogP contribution is 2.22. The molecular formula is C12H18ClN5O. The van der Waals surface area contributed by atoms with Crippen LogP contribution in [-0.4, -0.2) is 53.8 Å². The molecule has 2 aliphatic heterocycles. The van der Waals surface area contributed by atoms with Gasteiger partial charge in [-0.3, -0.25) is 0 Å². The Kier molecular flexibility index (Phi) is 3.70. The van der Waals surface area contributed by atoms with Gasteiger partial charge in [-0.1, -0.05) is 0 Å². The normalized spacial score (nSPS) is 24.0. The van der Waals surface area contributed by atoms with E-state index in [1.807, 2.05) is 0 Å². The fourth-order valence-electron chi connectivity index (χ4n) is 2.54. The van der Waals surface area contributed by atoms with Gasteiger partial charge < -0.3 is 14.5 Å². The van der Waals surface area contributed by atoms with Crippen molar-refractivity contribution in [2.45, 2.75) is 25.8 Å². The Morgan fingerprint density at radius 3 is 2.58 bits per heavy atom. The molecule has 6 nitrogen and oxygen atoms in total. The number of nitrogens with zero attached hydrogens (tertiary/aromatic N) is 5. The zero-order valence-corrected chi connectivity index (χ0v) is 11.8. The first kappa shape index (κ1) is 12.9. The monoisotopic (exact) mass is 283 g/mol. The van der Waals surface area contributed by atoms with E-state index in [0.717, 1.165) is 19.6 Å². The van der Waals surface area contributed by atoms with E-state index in [0.29, 0.717) is 25.1 Å². The van der Waals surface area contributed by atoms with Crippen molar-refractivity contribution in [2.24, 2.45) is 0 Å². The zero-order chi connectivity index (χ0) is 13.2. The van der Waals surface area contributed by atoms with E-state index >= 15 is 0 Å². The first-order chi connectivity index (χ1) is 9.24. The SMILES string of the molecule is CC1COCCN1c1nc(Cl)nc(N2CCCC2)n1. The molecule has 3 heterocycles. The van der Waals surface area contributed by atoms with Crippen LogP contribution in [0.3, 0.4) is 0 Å². The highest BCUT2D eigenvalue weighted by molar-refractivity contribution is 6.28. The van der Waals surface area contributed by atoms with Crippen LogP contribution in [0.4, 0.5) is 11.9 Å². The molecule has 0 aliphatic carbocycles. The molecule has 1 aromatic rings. The fourth-order valence-corrected chi connectivity index (χ4v) is 2.69. The topological polar surface area (TPSA) is 54.4 Å². The van der Waals surface area contributed by atoms with Crippen LogP contribution < -0.4 is 9.80 Å². The molecule has 0 bridgehead atoms. The second-order valence-electron chi connectivity index (χ2n) is 5.02. The predicted molar refractivity (Wildman–Crippen MR) is 73.9 cm³/mol. The largest absolute Gasteiger partial charge is 0.377 e. The van der Waals surface area contributed by atoms with Crippen molar-refractivity contribution < 1.29 is 4.74 Å². The van der Waals surface area contributed by atoms with Crippen molar-refractivity contribution >= 4 is 23.5 Å². The third-order valence-corrected chi connectivity index (χ3v) is 3.77. The Balaban J connectivity index is 1.88. The highest BCUT2D eigenvalue weighted by atomic mass is 35.5. The maximum absolute atomic E-state index is 6.05. The van der Waals surface area contributed by atoms with Crippen LogP contribution in [0.2, 0.25) is 5.28 Å². The number of morpholine rings is 1. The second kappa shape index (κ2) is 5.46. The van der Waals surface area contributed by atoms with Crippen LogP contribution in [0.25, 0.3) is 0 Å². The molecule has 0 N–H and O–H groups in total. The third kappa shape index (κ3) is 2.74. The summed E-state index contributed by atoms with van der Waals surface area (Å²) >= 11 is 6.05. The lowest BCUT2D eigenvalue weighted by Crippen LogP contribution is -2.44. The summed E-state index contributed by atoms with van der Waals surface area (Å²) in [7, 11) is 0. The van der Waals surface area contributed by atoms with E-state index in [1.165, 1.54) is 12.8 Å². The average molecular weight is 284 g/mol. The van der Waals surface area contributed by atoms with Gasteiger partial charge in [0.25, 0.3) is 0 Å². The van der Waals surface area contributed by atoms with Gasteiger partial charge in [0.05, 0.1) is 19.3 Å². The van der Waals surface area contributed by atoms with Crippen molar-refractivity contribution in [3.8, 4) is 0 Å². The molecule has 7 heteroatoms. The molecule has 0 radical (unpaired) electrons. The Morgan fingerprint density at radius 1 is 1.11 bits per heavy atom. The summed E-state index contributed by atoms with van der Waals surface area (Å²) in [5.74, 6) is 1.36. The van der Waals surface area contributed by atoms with Crippen LogP contribution >= 0.6 is 11.6 Å². The second-order valence-corrected chi connectivity index (χ2v) is 5.35. The van der Waals surface area contributed by atoms with Crippen molar-refractivity contribution in [3.63, 3.8) is 0 Å². The van der Waals surface area contributed by atoms with Crippen LogP contribution in [0.1, 0.15) is 19.8 Å². The minimum Gasteiger partial charge on any atom is -0.377 e. The maximum atomic E-state index is 6.05. The molecule has 3 rings (SSSR count). The zero-order valence-electron chi connectivity index (χ0n) is 11.0. The first-order valence-corrected chi connectivity index (χ1v) is 7.13. The molecule has 0 amide bonds. The van der Waals surface area contributed by atoms with Crippen molar-refractivity contribution in [1.29, 1.82) is 0 Å². The molecule has 0 aromatic carbocycles. The number of hydrogen-bond donors (Lipinski definition) is 0. The van der Waals surface area contributed by atoms with Crippen LogP contribution in [0.5, 0.6) is 0 Å². The van der Waals surface area contributed by atoms with E-state index in [2.05, 4.69) is 31.7 Å². The van der Waals surface area contributed by atoms with Crippen molar-refractivity contribution in [2.75, 3.05) is 42.6 Å². The molecule has 1 atom stereocenters. The van der Waals surface area contributed by atoms with E-state index in [9.17, 15) is 0 Å². The van der Waals surface area contributed by atoms with Gasteiger partial charge in [-0.25, -0.2) is 0 Å². The van der Waals surface area contributed by atoms with Gasteiger partial charge >= 0.3 is 0 Å². The van der Waals surface area contributed by atoms with Crippen LogP contribution in [0, 0.1) is 0 Å². The van der Waals surface area contributed by atoms with Gasteiger partial charge in [-0.15, -0.1) is 0 Å². The van der Waals surface area contributed by atoms with Gasteiger partial charge in [0.1, 0.15) is 0 Å². The molecule has 104 valence electrons. The average Bonchev–Trinajstić information content (AvgIpc) is 2.92. The van der Waals surface area contributed by atoms with Crippen molar-refractivity contribution in [3.05, 3.63) is 5.28 Å². The Morgan fingerprint density at radius 2 is 1.84 bits per heavy atom. The van der Waals surface area contributed by atoms with E-state index in [-0.39, 0.29) is 11.3 Å². The van der Waals surface area contributed by atoms with E-state index < -0.39 is 0 Å². The summed E-state index contributed by atoms with van der Waals surface area (Å²) in [4.78, 5) is 17.4. The summed E-state index contributed by atoms with van der Waals surface area (Å²) in [6, 6.07) is 0.263. The molecule has 1 aromatic heterocycles. The molecular weight excluding hydrogens is 266 g/mol. The summed E-state index contributed by atoms with van der Waals surface area (Å²) in [5, 5.41) is 0.269. The number of aromatic nitrogens is 3. The predicted octanol–water partition coefficient (Wildman–Crippen LogP) is 1.35. The van der Waals surface area contributed by atoms with Gasteiger partial charge in [0, 0.05) is 19.6 Å². The standard InChI is InChI=1S/C12H18ClN5O/c1-9-8-19-7-6-18(9)12-15-10(13)14-11(16-12)17-4-2-3-5-17/h9H,2-8H2,1H3.